The highest BCUT2D eigenvalue weighted by Gasteiger charge is 2.30. The standard InChI is InChI=1S/C41H82NO8P/c1-4-6-8-10-12-14-16-18-20-22-24-26-28-30-32-34-40(43)47-36-39(50-51(45,46)49-38(3)42)37-48-41(44)35-33-31-29-27-25-23-21-19-17-15-13-11-9-7-5-2/h38-39H,4-37,42H2,1-3H3,(H,45,46). The van der Waals surface area contributed by atoms with Crippen molar-refractivity contribution in [3.8, 4) is 0 Å². The van der Waals surface area contributed by atoms with E-state index >= 15 is 0 Å². The zero-order valence-corrected chi connectivity index (χ0v) is 34.4. The third-order valence-electron chi connectivity index (χ3n) is 9.41. The van der Waals surface area contributed by atoms with E-state index in [-0.39, 0.29) is 26.1 Å². The minimum absolute atomic E-state index is 0.261. The molecule has 304 valence electrons. The highest BCUT2D eigenvalue weighted by atomic mass is 31.2. The molecule has 0 aliphatic rings. The SMILES string of the molecule is CCCCCCCCCCCCCCCCCC(=O)OCC(COC(=O)CCCCCCCCCCCCCCCCC)OP(=O)(O)OC(C)N. The van der Waals surface area contributed by atoms with E-state index in [1.54, 1.807) is 0 Å². The fourth-order valence-corrected chi connectivity index (χ4v) is 7.30. The van der Waals surface area contributed by atoms with Gasteiger partial charge in [0.1, 0.15) is 25.5 Å². The van der Waals surface area contributed by atoms with Crippen molar-refractivity contribution in [1.82, 2.24) is 0 Å². The molecule has 0 spiro atoms. The number of hydrogen-bond donors (Lipinski definition) is 2. The summed E-state index contributed by atoms with van der Waals surface area (Å²) in [6.45, 7) is 5.27. The molecule has 0 fully saturated rings. The van der Waals surface area contributed by atoms with Gasteiger partial charge in [-0.3, -0.25) is 18.6 Å². The van der Waals surface area contributed by atoms with Gasteiger partial charge >= 0.3 is 19.8 Å². The molecular weight excluding hydrogens is 665 g/mol. The lowest BCUT2D eigenvalue weighted by Crippen LogP contribution is -2.29. The van der Waals surface area contributed by atoms with Gasteiger partial charge < -0.3 is 20.1 Å². The molecule has 51 heavy (non-hydrogen) atoms. The van der Waals surface area contributed by atoms with Crippen LogP contribution in [0.5, 0.6) is 0 Å². The lowest BCUT2D eigenvalue weighted by atomic mass is 10.0. The predicted octanol–water partition coefficient (Wildman–Crippen LogP) is 12.4. The van der Waals surface area contributed by atoms with Gasteiger partial charge in [-0.1, -0.05) is 194 Å². The lowest BCUT2D eigenvalue weighted by molar-refractivity contribution is -0.152. The second kappa shape index (κ2) is 37.3. The summed E-state index contributed by atoms with van der Waals surface area (Å²) in [5, 5.41) is 0. The molecule has 9 nitrogen and oxygen atoms in total. The van der Waals surface area contributed by atoms with E-state index in [9.17, 15) is 19.0 Å². The Hall–Kier alpha value is -0.990. The molecule has 0 rings (SSSR count). The number of hydrogen-bond acceptors (Lipinski definition) is 8. The van der Waals surface area contributed by atoms with Gasteiger partial charge in [0.2, 0.25) is 0 Å². The van der Waals surface area contributed by atoms with Gasteiger partial charge in [0.15, 0.2) is 0 Å². The summed E-state index contributed by atoms with van der Waals surface area (Å²) in [6.07, 6.45) is 35.7. The molecule has 0 aliphatic heterocycles. The topological polar surface area (TPSA) is 134 Å². The number of ether oxygens (including phenoxy) is 2. The van der Waals surface area contributed by atoms with Crippen LogP contribution in [0.4, 0.5) is 0 Å². The lowest BCUT2D eigenvalue weighted by Gasteiger charge is -2.21. The minimum atomic E-state index is -4.54. The summed E-state index contributed by atoms with van der Waals surface area (Å²) in [7, 11) is -4.54. The molecule has 0 radical (unpaired) electrons. The molecule has 0 aromatic carbocycles. The Morgan fingerprint density at radius 1 is 0.490 bits per heavy atom. The number of nitrogens with two attached hydrogens (primary N) is 1. The average molecular weight is 748 g/mol. The van der Waals surface area contributed by atoms with E-state index in [4.69, 9.17) is 24.3 Å². The summed E-state index contributed by atoms with van der Waals surface area (Å²) in [4.78, 5) is 34.8. The van der Waals surface area contributed by atoms with Gasteiger partial charge in [0, 0.05) is 12.8 Å². The Morgan fingerprint density at radius 3 is 1.00 bits per heavy atom. The van der Waals surface area contributed by atoms with Crippen molar-refractivity contribution in [2.45, 2.75) is 239 Å². The molecule has 0 amide bonds. The number of phosphoric ester groups is 1. The maximum Gasteiger partial charge on any atom is 0.474 e. The van der Waals surface area contributed by atoms with Crippen LogP contribution in [-0.2, 0) is 32.7 Å². The van der Waals surface area contributed by atoms with Gasteiger partial charge in [0.25, 0.3) is 0 Å². The van der Waals surface area contributed by atoms with E-state index in [0.717, 1.165) is 38.5 Å². The molecule has 0 aliphatic carbocycles. The first-order valence-electron chi connectivity index (χ1n) is 21.5. The Kier molecular flexibility index (Phi) is 36.6. The van der Waals surface area contributed by atoms with Crippen LogP contribution in [0.3, 0.4) is 0 Å². The number of rotatable bonds is 40. The maximum atomic E-state index is 12.4. The van der Waals surface area contributed by atoms with Crippen molar-refractivity contribution in [3.05, 3.63) is 0 Å². The smallest absolute Gasteiger partial charge is 0.463 e. The van der Waals surface area contributed by atoms with Crippen molar-refractivity contribution in [2.24, 2.45) is 5.73 Å². The Morgan fingerprint density at radius 2 is 0.745 bits per heavy atom. The van der Waals surface area contributed by atoms with Crippen LogP contribution in [0.1, 0.15) is 226 Å². The molecule has 0 aromatic heterocycles. The van der Waals surface area contributed by atoms with Crippen molar-refractivity contribution < 1.29 is 37.6 Å². The van der Waals surface area contributed by atoms with Crippen LogP contribution >= 0.6 is 7.82 Å². The van der Waals surface area contributed by atoms with Gasteiger partial charge in [0.05, 0.1) is 0 Å². The number of carbonyl (C=O) groups is 2. The van der Waals surface area contributed by atoms with Crippen molar-refractivity contribution in [3.63, 3.8) is 0 Å². The quantitative estimate of drug-likeness (QED) is 0.0272. The van der Waals surface area contributed by atoms with Crippen molar-refractivity contribution in [1.29, 1.82) is 0 Å². The summed E-state index contributed by atoms with van der Waals surface area (Å²) in [5.41, 5.74) is 5.49. The Balaban J connectivity index is 4.06. The van der Waals surface area contributed by atoms with E-state index < -0.39 is 32.1 Å². The van der Waals surface area contributed by atoms with E-state index in [1.165, 1.54) is 161 Å². The second-order valence-electron chi connectivity index (χ2n) is 14.8. The molecule has 0 aromatic rings. The third-order valence-corrected chi connectivity index (χ3v) is 10.6. The molecule has 0 bridgehead atoms. The number of carbonyl (C=O) groups excluding carboxylic acids is 2. The zero-order chi connectivity index (χ0) is 37.7. The van der Waals surface area contributed by atoms with Gasteiger partial charge in [-0.05, 0) is 19.8 Å². The normalized spacial score (nSPS) is 13.4. The summed E-state index contributed by atoms with van der Waals surface area (Å²) in [6, 6.07) is 0. The van der Waals surface area contributed by atoms with Crippen LogP contribution in [-0.4, -0.2) is 42.4 Å². The molecule has 0 heterocycles. The monoisotopic (exact) mass is 748 g/mol. The van der Waals surface area contributed by atoms with Crippen LogP contribution in [0.25, 0.3) is 0 Å². The van der Waals surface area contributed by atoms with E-state index in [1.807, 2.05) is 0 Å². The summed E-state index contributed by atoms with van der Waals surface area (Å²) >= 11 is 0. The van der Waals surface area contributed by atoms with Gasteiger partial charge in [-0.15, -0.1) is 0 Å². The number of unbranched alkanes of at least 4 members (excludes halogenated alkanes) is 28. The van der Waals surface area contributed by atoms with E-state index in [2.05, 4.69) is 13.8 Å². The molecular formula is C41H82NO8P. The van der Waals surface area contributed by atoms with Gasteiger partial charge in [-0.2, -0.15) is 0 Å². The molecule has 0 saturated heterocycles. The summed E-state index contributed by atoms with van der Waals surface area (Å²) in [5.74, 6) is -0.827. The Labute approximate surface area is 314 Å². The van der Waals surface area contributed by atoms with Crippen LogP contribution < -0.4 is 5.73 Å². The molecule has 2 atom stereocenters. The molecule has 10 heteroatoms. The molecule has 0 saturated carbocycles. The van der Waals surface area contributed by atoms with Crippen molar-refractivity contribution >= 4 is 19.8 Å². The second-order valence-corrected chi connectivity index (χ2v) is 16.1. The first-order chi connectivity index (χ1) is 24.7. The molecule has 2 unspecified atom stereocenters. The van der Waals surface area contributed by atoms with Crippen LogP contribution in [0.2, 0.25) is 0 Å². The fraction of sp³-hybridized carbons (Fsp3) is 0.951. The largest absolute Gasteiger partial charge is 0.474 e. The number of esters is 2. The van der Waals surface area contributed by atoms with Crippen LogP contribution in [0, 0.1) is 0 Å². The first kappa shape index (κ1) is 50.0. The Bertz CT molecular complexity index is 777. The van der Waals surface area contributed by atoms with Crippen molar-refractivity contribution in [2.75, 3.05) is 13.2 Å². The fourth-order valence-electron chi connectivity index (χ4n) is 6.33. The highest BCUT2D eigenvalue weighted by molar-refractivity contribution is 7.47. The first-order valence-corrected chi connectivity index (χ1v) is 23.0. The average Bonchev–Trinajstić information content (AvgIpc) is 3.08. The molecule has 3 N–H and O–H groups in total. The van der Waals surface area contributed by atoms with E-state index in [0.29, 0.717) is 0 Å². The van der Waals surface area contributed by atoms with Crippen LogP contribution in [0.15, 0.2) is 0 Å². The maximum absolute atomic E-state index is 12.4. The number of phosphoric acid groups is 1. The highest BCUT2D eigenvalue weighted by Crippen LogP contribution is 2.45. The zero-order valence-electron chi connectivity index (χ0n) is 33.5. The third kappa shape index (κ3) is 38.5. The minimum Gasteiger partial charge on any atom is -0.463 e. The van der Waals surface area contributed by atoms with Gasteiger partial charge in [-0.25, -0.2) is 4.57 Å². The summed E-state index contributed by atoms with van der Waals surface area (Å²) < 4.78 is 32.9. The predicted molar refractivity (Wildman–Crippen MR) is 210 cm³/mol.